The Bertz CT molecular complexity index is 560. The Morgan fingerprint density at radius 2 is 2.12 bits per heavy atom. The molecule has 1 heterocycles. The van der Waals surface area contributed by atoms with Crippen molar-refractivity contribution in [2.75, 3.05) is 6.61 Å². The molecule has 3 nitrogen and oxygen atoms in total. The zero-order chi connectivity index (χ0) is 12.4. The van der Waals surface area contributed by atoms with Gasteiger partial charge in [0.25, 0.3) is 0 Å². The predicted molar refractivity (Wildman–Crippen MR) is 71.0 cm³/mol. The quantitative estimate of drug-likeness (QED) is 0.814. The number of fused-ring (bicyclic) bond motifs is 1. The average Bonchev–Trinajstić information content (AvgIpc) is 2.56. The molecular weight excluding hydrogens is 282 g/mol. The van der Waals surface area contributed by atoms with Gasteiger partial charge in [-0.05, 0) is 35.8 Å². The number of carbonyl (C=O) groups excluding carboxylic acids is 1. The normalized spacial score (nSPS) is 10.8. The molecule has 1 aromatic carbocycles. The van der Waals surface area contributed by atoms with Gasteiger partial charge in [0.15, 0.2) is 0 Å². The van der Waals surface area contributed by atoms with Gasteiger partial charge in [-0.3, -0.25) is 4.79 Å². The molecule has 2 aromatic rings. The van der Waals surface area contributed by atoms with Crippen molar-refractivity contribution in [2.45, 2.75) is 20.4 Å². The molecule has 0 bridgehead atoms. The standard InChI is InChI=1S/C13H14BrNO2/c1-3-17-12(16)8-15-9(2)13(14)10-6-4-5-7-11(10)15/h4-7H,3,8H2,1-2H3. The van der Waals surface area contributed by atoms with Crippen molar-refractivity contribution in [1.29, 1.82) is 0 Å². The van der Waals surface area contributed by atoms with Gasteiger partial charge >= 0.3 is 5.97 Å². The summed E-state index contributed by atoms with van der Waals surface area (Å²) in [7, 11) is 0. The molecule has 0 aliphatic rings. The molecule has 0 amide bonds. The van der Waals surface area contributed by atoms with Gasteiger partial charge in [0, 0.05) is 21.1 Å². The number of rotatable bonds is 3. The molecule has 0 fully saturated rings. The van der Waals surface area contributed by atoms with Gasteiger partial charge in [-0.15, -0.1) is 0 Å². The highest BCUT2D eigenvalue weighted by atomic mass is 79.9. The van der Waals surface area contributed by atoms with Gasteiger partial charge in [0.1, 0.15) is 6.54 Å². The summed E-state index contributed by atoms with van der Waals surface area (Å²) < 4.78 is 7.99. The number of para-hydroxylation sites is 1. The number of benzene rings is 1. The number of nitrogens with zero attached hydrogens (tertiary/aromatic N) is 1. The van der Waals surface area contributed by atoms with Crippen LogP contribution in [0.1, 0.15) is 12.6 Å². The second kappa shape index (κ2) is 4.92. The summed E-state index contributed by atoms with van der Waals surface area (Å²) in [4.78, 5) is 11.6. The third-order valence-corrected chi connectivity index (χ3v) is 3.75. The van der Waals surface area contributed by atoms with Gasteiger partial charge in [-0.25, -0.2) is 0 Å². The molecule has 0 saturated carbocycles. The smallest absolute Gasteiger partial charge is 0.325 e. The van der Waals surface area contributed by atoms with Crippen LogP contribution >= 0.6 is 15.9 Å². The maximum absolute atomic E-state index is 11.6. The Morgan fingerprint density at radius 1 is 1.41 bits per heavy atom. The van der Waals surface area contributed by atoms with E-state index in [1.165, 1.54) is 0 Å². The fourth-order valence-corrected chi connectivity index (χ4v) is 2.48. The van der Waals surface area contributed by atoms with Crippen molar-refractivity contribution in [1.82, 2.24) is 4.57 Å². The van der Waals surface area contributed by atoms with Crippen LogP contribution in [0.15, 0.2) is 28.7 Å². The van der Waals surface area contributed by atoms with E-state index < -0.39 is 0 Å². The van der Waals surface area contributed by atoms with Crippen LogP contribution in [0.4, 0.5) is 0 Å². The van der Waals surface area contributed by atoms with Gasteiger partial charge in [0.05, 0.1) is 6.61 Å². The number of hydrogen-bond acceptors (Lipinski definition) is 2. The van der Waals surface area contributed by atoms with Crippen molar-refractivity contribution >= 4 is 32.8 Å². The van der Waals surface area contributed by atoms with Crippen LogP contribution in [0.3, 0.4) is 0 Å². The minimum Gasteiger partial charge on any atom is -0.465 e. The summed E-state index contributed by atoms with van der Waals surface area (Å²) in [6, 6.07) is 8.00. The monoisotopic (exact) mass is 295 g/mol. The molecule has 0 N–H and O–H groups in total. The third-order valence-electron chi connectivity index (χ3n) is 2.75. The van der Waals surface area contributed by atoms with Gasteiger partial charge < -0.3 is 9.30 Å². The highest BCUT2D eigenvalue weighted by Crippen LogP contribution is 2.30. The molecular formula is C13H14BrNO2. The summed E-state index contributed by atoms with van der Waals surface area (Å²) in [6.45, 7) is 4.47. The lowest BCUT2D eigenvalue weighted by molar-refractivity contribution is -0.143. The fourth-order valence-electron chi connectivity index (χ4n) is 1.93. The van der Waals surface area contributed by atoms with Crippen LogP contribution < -0.4 is 0 Å². The Labute approximate surface area is 108 Å². The van der Waals surface area contributed by atoms with Gasteiger partial charge in [-0.2, -0.15) is 0 Å². The number of carbonyl (C=O) groups is 1. The maximum Gasteiger partial charge on any atom is 0.325 e. The molecule has 0 aliphatic heterocycles. The van der Waals surface area contributed by atoms with E-state index in [0.717, 1.165) is 21.1 Å². The Kier molecular flexibility index (Phi) is 3.52. The van der Waals surface area contributed by atoms with Crippen LogP contribution in [-0.2, 0) is 16.1 Å². The van der Waals surface area contributed by atoms with Crippen LogP contribution in [0.2, 0.25) is 0 Å². The first kappa shape index (κ1) is 12.2. The number of esters is 1. The summed E-state index contributed by atoms with van der Waals surface area (Å²) in [5.41, 5.74) is 2.09. The van der Waals surface area contributed by atoms with Gasteiger partial charge in [0.2, 0.25) is 0 Å². The summed E-state index contributed by atoms with van der Waals surface area (Å²) in [6.07, 6.45) is 0. The molecule has 4 heteroatoms. The minimum absolute atomic E-state index is 0.205. The second-order valence-electron chi connectivity index (χ2n) is 3.81. The molecule has 2 rings (SSSR count). The number of halogens is 1. The zero-order valence-corrected chi connectivity index (χ0v) is 11.5. The molecule has 0 radical (unpaired) electrons. The van der Waals surface area contributed by atoms with Crippen molar-refractivity contribution in [3.8, 4) is 0 Å². The molecule has 0 aliphatic carbocycles. The van der Waals surface area contributed by atoms with Crippen LogP contribution in [0.5, 0.6) is 0 Å². The lowest BCUT2D eigenvalue weighted by atomic mass is 10.2. The van der Waals surface area contributed by atoms with E-state index in [0.29, 0.717) is 6.61 Å². The summed E-state index contributed by atoms with van der Waals surface area (Å²) >= 11 is 3.56. The molecule has 90 valence electrons. The van der Waals surface area contributed by atoms with Crippen LogP contribution in [0, 0.1) is 6.92 Å². The predicted octanol–water partition coefficient (Wildman–Crippen LogP) is 3.28. The molecule has 0 saturated heterocycles. The highest BCUT2D eigenvalue weighted by molar-refractivity contribution is 9.10. The molecule has 0 spiro atoms. The van der Waals surface area contributed by atoms with Crippen LogP contribution in [-0.4, -0.2) is 17.1 Å². The molecule has 1 aromatic heterocycles. The Hall–Kier alpha value is -1.29. The lowest BCUT2D eigenvalue weighted by Crippen LogP contribution is -2.14. The van der Waals surface area contributed by atoms with E-state index >= 15 is 0 Å². The summed E-state index contributed by atoms with van der Waals surface area (Å²) in [5, 5.41) is 1.12. The topological polar surface area (TPSA) is 31.2 Å². The molecule has 0 unspecified atom stereocenters. The van der Waals surface area contributed by atoms with E-state index in [-0.39, 0.29) is 12.5 Å². The lowest BCUT2D eigenvalue weighted by Gasteiger charge is -2.07. The number of hydrogen-bond donors (Lipinski definition) is 0. The number of ether oxygens (including phenoxy) is 1. The van der Waals surface area contributed by atoms with Crippen LogP contribution in [0.25, 0.3) is 10.9 Å². The summed E-state index contributed by atoms with van der Waals surface area (Å²) in [5.74, 6) is -0.205. The number of aromatic nitrogens is 1. The van der Waals surface area contributed by atoms with Crippen molar-refractivity contribution in [3.63, 3.8) is 0 Å². The maximum atomic E-state index is 11.6. The highest BCUT2D eigenvalue weighted by Gasteiger charge is 2.14. The van der Waals surface area contributed by atoms with E-state index in [1.54, 1.807) is 0 Å². The van der Waals surface area contributed by atoms with Gasteiger partial charge in [-0.1, -0.05) is 18.2 Å². The van der Waals surface area contributed by atoms with E-state index in [4.69, 9.17) is 4.74 Å². The first-order valence-electron chi connectivity index (χ1n) is 5.54. The Morgan fingerprint density at radius 3 is 2.82 bits per heavy atom. The largest absolute Gasteiger partial charge is 0.465 e. The Balaban J connectivity index is 2.46. The minimum atomic E-state index is -0.205. The van der Waals surface area contributed by atoms with E-state index in [1.807, 2.05) is 42.7 Å². The fraction of sp³-hybridized carbons (Fsp3) is 0.308. The molecule has 0 atom stereocenters. The van der Waals surface area contributed by atoms with Crippen molar-refractivity contribution < 1.29 is 9.53 Å². The average molecular weight is 296 g/mol. The van der Waals surface area contributed by atoms with Crippen molar-refractivity contribution in [3.05, 3.63) is 34.4 Å². The SMILES string of the molecule is CCOC(=O)Cn1c(C)c(Br)c2ccccc21. The first-order chi connectivity index (χ1) is 8.15. The second-order valence-corrected chi connectivity index (χ2v) is 4.60. The van der Waals surface area contributed by atoms with E-state index in [2.05, 4.69) is 15.9 Å². The zero-order valence-electron chi connectivity index (χ0n) is 9.87. The van der Waals surface area contributed by atoms with Crippen molar-refractivity contribution in [2.24, 2.45) is 0 Å². The van der Waals surface area contributed by atoms with E-state index in [9.17, 15) is 4.79 Å². The third kappa shape index (κ3) is 2.22. The molecule has 17 heavy (non-hydrogen) atoms. The first-order valence-corrected chi connectivity index (χ1v) is 6.33.